The monoisotopic (exact) mass is 444 g/mol. The van der Waals surface area contributed by atoms with Crippen molar-refractivity contribution in [2.75, 3.05) is 19.7 Å². The molecule has 0 aromatic heterocycles. The maximum atomic E-state index is 11.9. The first-order chi connectivity index (χ1) is 13.5. The van der Waals surface area contributed by atoms with E-state index in [1.54, 1.807) is 0 Å². The van der Waals surface area contributed by atoms with Crippen LogP contribution in [0.15, 0.2) is 0 Å². The summed E-state index contributed by atoms with van der Waals surface area (Å²) in [5, 5.41) is 44.4. The first-order valence-electron chi connectivity index (χ1n) is 9.84. The van der Waals surface area contributed by atoms with Crippen molar-refractivity contribution in [1.82, 2.24) is 10.6 Å². The summed E-state index contributed by atoms with van der Waals surface area (Å²) in [6.07, 6.45) is -1.21. The molecule has 0 bridgehead atoms. The molecule has 0 radical (unpaired) electrons. The third kappa shape index (κ3) is 13.9. The van der Waals surface area contributed by atoms with E-state index in [1.807, 2.05) is 6.92 Å². The normalized spacial score (nSPS) is 17.3. The number of carbonyl (C=O) groups is 1. The van der Waals surface area contributed by atoms with E-state index in [-0.39, 0.29) is 12.6 Å². The van der Waals surface area contributed by atoms with Crippen molar-refractivity contribution < 1.29 is 42.4 Å². The minimum absolute atomic E-state index is 0.0855. The SMILES string of the molecule is CCCCCCCCNC(C)CNC(=O)[C@H](O)[C@@H](O)[C@H](O)[C@H](O)COS(=O)(=O)O. The fourth-order valence-electron chi connectivity index (χ4n) is 2.51. The molecule has 7 N–H and O–H groups in total. The maximum Gasteiger partial charge on any atom is 0.397 e. The first kappa shape index (κ1) is 28.1. The van der Waals surface area contributed by atoms with Crippen LogP contribution < -0.4 is 10.6 Å². The van der Waals surface area contributed by atoms with Crippen LogP contribution in [0.3, 0.4) is 0 Å². The highest BCUT2D eigenvalue weighted by Gasteiger charge is 2.35. The number of aliphatic hydroxyl groups is 4. The molecule has 1 amide bonds. The smallest absolute Gasteiger partial charge is 0.388 e. The van der Waals surface area contributed by atoms with Crippen molar-refractivity contribution in [2.45, 2.75) is 82.8 Å². The lowest BCUT2D eigenvalue weighted by atomic mass is 10.0. The lowest BCUT2D eigenvalue weighted by Gasteiger charge is -2.26. The Bertz CT molecular complexity index is 547. The number of aliphatic hydroxyl groups excluding tert-OH is 4. The zero-order valence-corrected chi connectivity index (χ0v) is 17.8. The van der Waals surface area contributed by atoms with Crippen molar-refractivity contribution in [2.24, 2.45) is 0 Å². The standard InChI is InChI=1S/C17H36N2O9S/c1-3-4-5-6-7-8-9-18-12(2)10-19-17(24)16(23)15(22)14(21)13(20)11-28-29(25,26)27/h12-16,18,20-23H,3-11H2,1-2H3,(H,19,24)(H,25,26,27)/t12?,13-,14-,15+,16-/m1/s1. The highest BCUT2D eigenvalue weighted by Crippen LogP contribution is 2.07. The van der Waals surface area contributed by atoms with Gasteiger partial charge in [-0.05, 0) is 19.9 Å². The molecule has 0 aliphatic heterocycles. The first-order valence-corrected chi connectivity index (χ1v) is 11.2. The van der Waals surface area contributed by atoms with Crippen molar-refractivity contribution in [1.29, 1.82) is 0 Å². The molecular weight excluding hydrogens is 408 g/mol. The summed E-state index contributed by atoms with van der Waals surface area (Å²) < 4.78 is 33.1. The quantitative estimate of drug-likeness (QED) is 0.105. The van der Waals surface area contributed by atoms with Gasteiger partial charge in [-0.2, -0.15) is 8.42 Å². The van der Waals surface area contributed by atoms with Crippen molar-refractivity contribution in [3.63, 3.8) is 0 Å². The van der Waals surface area contributed by atoms with Crippen LogP contribution in [0.1, 0.15) is 52.4 Å². The summed E-state index contributed by atoms with van der Waals surface area (Å²) in [5.74, 6) is -0.965. The molecule has 0 rings (SSSR count). The molecule has 5 atom stereocenters. The second-order valence-electron chi connectivity index (χ2n) is 7.07. The molecule has 0 fully saturated rings. The van der Waals surface area contributed by atoms with Crippen LogP contribution in [0.4, 0.5) is 0 Å². The minimum atomic E-state index is -4.85. The van der Waals surface area contributed by atoms with Crippen LogP contribution in [0.25, 0.3) is 0 Å². The van der Waals surface area contributed by atoms with E-state index in [9.17, 15) is 33.6 Å². The van der Waals surface area contributed by atoms with Gasteiger partial charge in [0.25, 0.3) is 5.91 Å². The molecular formula is C17H36N2O9S. The third-order valence-electron chi connectivity index (χ3n) is 4.33. The van der Waals surface area contributed by atoms with E-state index in [2.05, 4.69) is 21.7 Å². The average Bonchev–Trinajstić information content (AvgIpc) is 2.67. The number of unbranched alkanes of at least 4 members (excludes halogenated alkanes) is 5. The summed E-state index contributed by atoms with van der Waals surface area (Å²) in [6, 6.07) is -0.0855. The minimum Gasteiger partial charge on any atom is -0.388 e. The zero-order chi connectivity index (χ0) is 22.4. The Hall–Kier alpha value is -0.860. The summed E-state index contributed by atoms with van der Waals surface area (Å²) in [7, 11) is -4.85. The van der Waals surface area contributed by atoms with Gasteiger partial charge in [0.05, 0.1) is 6.61 Å². The largest absolute Gasteiger partial charge is 0.397 e. The summed E-state index contributed by atoms with van der Waals surface area (Å²) in [5.41, 5.74) is 0. The Balaban J connectivity index is 4.14. The molecule has 0 heterocycles. The fourth-order valence-corrected chi connectivity index (χ4v) is 2.82. The van der Waals surface area contributed by atoms with Crippen molar-refractivity contribution in [3.05, 3.63) is 0 Å². The van der Waals surface area contributed by atoms with Gasteiger partial charge < -0.3 is 31.1 Å². The second-order valence-corrected chi connectivity index (χ2v) is 8.16. The van der Waals surface area contributed by atoms with E-state index in [1.165, 1.54) is 25.7 Å². The highest BCUT2D eigenvalue weighted by atomic mass is 32.3. The maximum absolute atomic E-state index is 11.9. The summed E-state index contributed by atoms with van der Waals surface area (Å²) in [4.78, 5) is 11.9. The number of hydrogen-bond acceptors (Lipinski definition) is 9. The highest BCUT2D eigenvalue weighted by molar-refractivity contribution is 7.80. The molecule has 0 aromatic carbocycles. The number of hydrogen-bond donors (Lipinski definition) is 7. The molecule has 0 aliphatic rings. The van der Waals surface area contributed by atoms with Crippen LogP contribution in [0, 0.1) is 0 Å². The third-order valence-corrected chi connectivity index (χ3v) is 4.76. The van der Waals surface area contributed by atoms with E-state index in [0.717, 1.165) is 19.4 Å². The average molecular weight is 445 g/mol. The van der Waals surface area contributed by atoms with E-state index < -0.39 is 47.3 Å². The van der Waals surface area contributed by atoms with Gasteiger partial charge in [0, 0.05) is 12.6 Å². The number of rotatable bonds is 17. The number of nitrogens with one attached hydrogen (secondary N) is 2. The van der Waals surface area contributed by atoms with Gasteiger partial charge in [0.2, 0.25) is 0 Å². The zero-order valence-electron chi connectivity index (χ0n) is 17.0. The van der Waals surface area contributed by atoms with Gasteiger partial charge in [-0.3, -0.25) is 9.35 Å². The van der Waals surface area contributed by atoms with Crippen LogP contribution in [-0.2, 0) is 19.4 Å². The van der Waals surface area contributed by atoms with Gasteiger partial charge in [0.15, 0.2) is 6.10 Å². The van der Waals surface area contributed by atoms with E-state index in [4.69, 9.17) is 4.55 Å². The molecule has 0 spiro atoms. The number of carbonyl (C=O) groups excluding carboxylic acids is 1. The van der Waals surface area contributed by atoms with Gasteiger partial charge in [0.1, 0.15) is 18.3 Å². The van der Waals surface area contributed by atoms with Gasteiger partial charge in [-0.1, -0.05) is 39.0 Å². The topological polar surface area (TPSA) is 186 Å². The predicted octanol–water partition coefficient (Wildman–Crippen LogP) is -1.30. The molecule has 29 heavy (non-hydrogen) atoms. The summed E-state index contributed by atoms with van der Waals surface area (Å²) in [6.45, 7) is 3.89. The number of amides is 1. The molecule has 174 valence electrons. The van der Waals surface area contributed by atoms with Crippen molar-refractivity contribution >= 4 is 16.3 Å². The van der Waals surface area contributed by atoms with Crippen LogP contribution in [0.2, 0.25) is 0 Å². The Morgan fingerprint density at radius 3 is 2.17 bits per heavy atom. The van der Waals surface area contributed by atoms with Crippen LogP contribution >= 0.6 is 0 Å². The Morgan fingerprint density at radius 1 is 1.00 bits per heavy atom. The van der Waals surface area contributed by atoms with Gasteiger partial charge in [-0.25, -0.2) is 4.18 Å². The molecule has 12 heteroatoms. The molecule has 11 nitrogen and oxygen atoms in total. The van der Waals surface area contributed by atoms with E-state index >= 15 is 0 Å². The Labute approximate surface area is 172 Å². The predicted molar refractivity (Wildman–Crippen MR) is 105 cm³/mol. The summed E-state index contributed by atoms with van der Waals surface area (Å²) >= 11 is 0. The molecule has 0 aromatic rings. The Kier molecular flexibility index (Phi) is 14.6. The lowest BCUT2D eigenvalue weighted by molar-refractivity contribution is -0.148. The van der Waals surface area contributed by atoms with Crippen LogP contribution in [0.5, 0.6) is 0 Å². The molecule has 1 unspecified atom stereocenters. The van der Waals surface area contributed by atoms with Crippen molar-refractivity contribution in [3.8, 4) is 0 Å². The molecule has 0 saturated heterocycles. The van der Waals surface area contributed by atoms with E-state index in [0.29, 0.717) is 0 Å². The lowest BCUT2D eigenvalue weighted by Crippen LogP contribution is -2.53. The van der Waals surface area contributed by atoms with Gasteiger partial charge >= 0.3 is 10.4 Å². The van der Waals surface area contributed by atoms with Crippen LogP contribution in [-0.4, -0.2) is 89.5 Å². The fraction of sp³-hybridized carbons (Fsp3) is 0.941. The second kappa shape index (κ2) is 15.0. The van der Waals surface area contributed by atoms with Gasteiger partial charge in [-0.15, -0.1) is 0 Å². The molecule has 0 aliphatic carbocycles. The Morgan fingerprint density at radius 2 is 1.59 bits per heavy atom. The molecule has 0 saturated carbocycles.